The molecule has 4 heterocycles. The van der Waals surface area contributed by atoms with E-state index < -0.39 is 0 Å². The van der Waals surface area contributed by atoms with Gasteiger partial charge in [0, 0.05) is 38.3 Å². The van der Waals surface area contributed by atoms with Gasteiger partial charge in [-0.15, -0.1) is 0 Å². The van der Waals surface area contributed by atoms with Gasteiger partial charge in [-0.1, -0.05) is 6.07 Å². The third-order valence-electron chi connectivity index (χ3n) is 4.91. The zero-order valence-corrected chi connectivity index (χ0v) is 14.6. The van der Waals surface area contributed by atoms with Crippen molar-refractivity contribution < 1.29 is 4.74 Å². The molecule has 0 saturated carbocycles. The molecule has 3 atom stereocenters. The van der Waals surface area contributed by atoms with Gasteiger partial charge in [-0.25, -0.2) is 0 Å². The Morgan fingerprint density at radius 1 is 1.33 bits per heavy atom. The molecular formula is C18H22N4OS. The summed E-state index contributed by atoms with van der Waals surface area (Å²) in [5.41, 5.74) is 2.25. The van der Waals surface area contributed by atoms with Crippen LogP contribution in [0.3, 0.4) is 0 Å². The summed E-state index contributed by atoms with van der Waals surface area (Å²) >= 11 is 5.67. The lowest BCUT2D eigenvalue weighted by atomic mass is 10.0. The van der Waals surface area contributed by atoms with Gasteiger partial charge < -0.3 is 19.5 Å². The van der Waals surface area contributed by atoms with E-state index >= 15 is 0 Å². The van der Waals surface area contributed by atoms with Crippen molar-refractivity contribution in [2.24, 2.45) is 7.05 Å². The van der Waals surface area contributed by atoms with Crippen LogP contribution in [0.5, 0.6) is 0 Å². The average molecular weight is 342 g/mol. The maximum absolute atomic E-state index is 5.85. The fourth-order valence-corrected chi connectivity index (χ4v) is 4.03. The quantitative estimate of drug-likeness (QED) is 0.865. The van der Waals surface area contributed by atoms with E-state index in [1.807, 2.05) is 18.3 Å². The molecule has 3 unspecified atom stereocenters. The van der Waals surface area contributed by atoms with E-state index in [9.17, 15) is 0 Å². The monoisotopic (exact) mass is 342 g/mol. The molecule has 0 spiro atoms. The lowest BCUT2D eigenvalue weighted by molar-refractivity contribution is 0.0835. The summed E-state index contributed by atoms with van der Waals surface area (Å²) in [6.45, 7) is 1.68. The summed E-state index contributed by atoms with van der Waals surface area (Å²) in [6.07, 6.45) is 6.42. The van der Waals surface area contributed by atoms with Crippen LogP contribution >= 0.6 is 12.2 Å². The van der Waals surface area contributed by atoms with Crippen LogP contribution < -0.4 is 5.32 Å². The van der Waals surface area contributed by atoms with Crippen molar-refractivity contribution in [1.29, 1.82) is 0 Å². The first-order valence-electron chi connectivity index (χ1n) is 8.45. The number of hydrogen-bond donors (Lipinski definition) is 1. The summed E-state index contributed by atoms with van der Waals surface area (Å²) in [5.74, 6) is 0. The van der Waals surface area contributed by atoms with Gasteiger partial charge in [0.05, 0.1) is 23.9 Å². The fourth-order valence-electron chi connectivity index (χ4n) is 3.71. The first kappa shape index (κ1) is 15.6. The van der Waals surface area contributed by atoms with Crippen LogP contribution in [0.4, 0.5) is 0 Å². The SMILES string of the molecule is Cn1cccc1C1C(c2ccccn2)NC(=S)N1CC1CCCO1. The summed E-state index contributed by atoms with van der Waals surface area (Å²) in [7, 11) is 2.08. The Morgan fingerprint density at radius 3 is 2.92 bits per heavy atom. The molecule has 6 heteroatoms. The molecule has 2 aliphatic heterocycles. The van der Waals surface area contributed by atoms with Crippen molar-refractivity contribution in [1.82, 2.24) is 19.8 Å². The predicted octanol–water partition coefficient (Wildman–Crippen LogP) is 2.57. The van der Waals surface area contributed by atoms with Crippen LogP contribution in [-0.2, 0) is 11.8 Å². The highest BCUT2D eigenvalue weighted by Crippen LogP contribution is 2.39. The van der Waals surface area contributed by atoms with Crippen molar-refractivity contribution in [2.45, 2.75) is 31.0 Å². The van der Waals surface area contributed by atoms with Crippen molar-refractivity contribution in [3.63, 3.8) is 0 Å². The molecule has 2 saturated heterocycles. The first-order valence-corrected chi connectivity index (χ1v) is 8.86. The molecule has 4 rings (SSSR count). The van der Waals surface area contributed by atoms with E-state index in [-0.39, 0.29) is 18.2 Å². The Kier molecular flexibility index (Phi) is 4.24. The standard InChI is InChI=1S/C18H22N4OS/c1-21-10-4-8-15(21)17-16(14-7-2-3-9-19-14)20-18(24)22(17)12-13-6-5-11-23-13/h2-4,7-10,13,16-17H,5-6,11-12H2,1H3,(H,20,24). The number of aromatic nitrogens is 2. The van der Waals surface area contributed by atoms with Crippen LogP contribution in [0.15, 0.2) is 42.7 Å². The largest absolute Gasteiger partial charge is 0.376 e. The smallest absolute Gasteiger partial charge is 0.170 e. The third-order valence-corrected chi connectivity index (χ3v) is 5.26. The average Bonchev–Trinajstić information content (AvgIpc) is 3.31. The highest BCUT2D eigenvalue weighted by Gasteiger charge is 2.41. The Labute approximate surface area is 147 Å². The summed E-state index contributed by atoms with van der Waals surface area (Å²) in [6, 6.07) is 10.4. The number of hydrogen-bond acceptors (Lipinski definition) is 3. The summed E-state index contributed by atoms with van der Waals surface area (Å²) in [5, 5.41) is 4.27. The normalized spacial score (nSPS) is 26.8. The predicted molar refractivity (Wildman–Crippen MR) is 96.5 cm³/mol. The minimum Gasteiger partial charge on any atom is -0.376 e. The number of rotatable bonds is 4. The Hall–Kier alpha value is -1.92. The molecule has 0 aromatic carbocycles. The van der Waals surface area contributed by atoms with Crippen LogP contribution in [0.1, 0.15) is 36.3 Å². The van der Waals surface area contributed by atoms with Gasteiger partial charge >= 0.3 is 0 Å². The van der Waals surface area contributed by atoms with E-state index in [0.29, 0.717) is 0 Å². The highest BCUT2D eigenvalue weighted by atomic mass is 32.1. The van der Waals surface area contributed by atoms with Crippen molar-refractivity contribution in [2.75, 3.05) is 13.2 Å². The van der Waals surface area contributed by atoms with E-state index in [0.717, 1.165) is 36.8 Å². The van der Waals surface area contributed by atoms with Crippen molar-refractivity contribution >= 4 is 17.3 Å². The second kappa shape index (κ2) is 6.53. The minimum atomic E-state index is 0.0497. The number of pyridine rings is 1. The first-order chi connectivity index (χ1) is 11.7. The fraction of sp³-hybridized carbons (Fsp3) is 0.444. The molecule has 2 aromatic rings. The van der Waals surface area contributed by atoms with Gasteiger partial charge in [-0.05, 0) is 49.3 Å². The van der Waals surface area contributed by atoms with Crippen molar-refractivity contribution in [3.05, 3.63) is 54.1 Å². The summed E-state index contributed by atoms with van der Waals surface area (Å²) in [4.78, 5) is 6.84. The lowest BCUT2D eigenvalue weighted by Crippen LogP contribution is -2.36. The van der Waals surface area contributed by atoms with E-state index in [1.165, 1.54) is 5.69 Å². The zero-order chi connectivity index (χ0) is 16.5. The van der Waals surface area contributed by atoms with Crippen LogP contribution in [0.2, 0.25) is 0 Å². The Morgan fingerprint density at radius 2 is 2.25 bits per heavy atom. The van der Waals surface area contributed by atoms with Gasteiger partial charge in [0.1, 0.15) is 0 Å². The molecule has 2 aliphatic rings. The zero-order valence-electron chi connectivity index (χ0n) is 13.8. The number of nitrogens with one attached hydrogen (secondary N) is 1. The maximum Gasteiger partial charge on any atom is 0.170 e. The van der Waals surface area contributed by atoms with Gasteiger partial charge in [0.2, 0.25) is 0 Å². The Bertz CT molecular complexity index is 711. The maximum atomic E-state index is 5.85. The van der Waals surface area contributed by atoms with E-state index in [2.05, 4.69) is 51.2 Å². The van der Waals surface area contributed by atoms with Gasteiger partial charge in [-0.2, -0.15) is 0 Å². The summed E-state index contributed by atoms with van der Waals surface area (Å²) < 4.78 is 8.01. The molecule has 2 fully saturated rings. The van der Waals surface area contributed by atoms with Crippen molar-refractivity contribution in [3.8, 4) is 0 Å². The number of aryl methyl sites for hydroxylation is 1. The molecular weight excluding hydrogens is 320 g/mol. The minimum absolute atomic E-state index is 0.0497. The highest BCUT2D eigenvalue weighted by molar-refractivity contribution is 7.80. The van der Waals surface area contributed by atoms with E-state index in [4.69, 9.17) is 17.0 Å². The molecule has 0 radical (unpaired) electrons. The van der Waals surface area contributed by atoms with Gasteiger partial charge in [0.25, 0.3) is 0 Å². The third kappa shape index (κ3) is 2.80. The van der Waals surface area contributed by atoms with Crippen LogP contribution in [0, 0.1) is 0 Å². The molecule has 2 aromatic heterocycles. The van der Waals surface area contributed by atoms with Crippen LogP contribution in [0.25, 0.3) is 0 Å². The lowest BCUT2D eigenvalue weighted by Gasteiger charge is -2.30. The molecule has 126 valence electrons. The molecule has 5 nitrogen and oxygen atoms in total. The van der Waals surface area contributed by atoms with E-state index in [1.54, 1.807) is 0 Å². The molecule has 0 aliphatic carbocycles. The molecule has 1 N–H and O–H groups in total. The molecule has 24 heavy (non-hydrogen) atoms. The van der Waals surface area contributed by atoms with Gasteiger partial charge in [0.15, 0.2) is 5.11 Å². The second-order valence-electron chi connectivity index (χ2n) is 6.46. The topological polar surface area (TPSA) is 42.3 Å². The number of ether oxygens (including phenoxy) is 1. The van der Waals surface area contributed by atoms with Crippen LogP contribution in [-0.4, -0.2) is 38.8 Å². The molecule has 0 bridgehead atoms. The Balaban J connectivity index is 1.69. The van der Waals surface area contributed by atoms with Gasteiger partial charge in [-0.3, -0.25) is 4.98 Å². The second-order valence-corrected chi connectivity index (χ2v) is 6.84. The molecule has 0 amide bonds. The number of nitrogens with zero attached hydrogens (tertiary/aromatic N) is 3. The number of thiocarbonyl (C=S) groups is 1.